The molecule has 0 spiro atoms. The molecule has 13 heavy (non-hydrogen) atoms. The molecule has 0 heterocycles. The van der Waals surface area contributed by atoms with Gasteiger partial charge < -0.3 is 11.1 Å². The summed E-state index contributed by atoms with van der Waals surface area (Å²) in [5, 5.41) is 2.38. The first-order chi connectivity index (χ1) is 6.20. The van der Waals surface area contributed by atoms with Gasteiger partial charge in [0.15, 0.2) is 0 Å². The number of benzene rings is 1. The molecule has 68 valence electrons. The molecule has 0 saturated heterocycles. The van der Waals surface area contributed by atoms with Crippen molar-refractivity contribution in [2.24, 2.45) is 5.73 Å². The average molecular weight is 179 g/mol. The van der Waals surface area contributed by atoms with Crippen LogP contribution in [0.5, 0.6) is 0 Å². The molecule has 0 unspecified atom stereocenters. The second-order valence-electron chi connectivity index (χ2n) is 2.52. The van der Waals surface area contributed by atoms with Crippen LogP contribution in [0.2, 0.25) is 0 Å². The quantitative estimate of drug-likeness (QED) is 0.636. The highest BCUT2D eigenvalue weighted by Crippen LogP contribution is 1.96. The van der Waals surface area contributed by atoms with Crippen LogP contribution in [0.15, 0.2) is 30.3 Å². The Morgan fingerprint density at radius 2 is 1.85 bits per heavy atom. The van der Waals surface area contributed by atoms with E-state index in [0.29, 0.717) is 5.56 Å². The zero-order chi connectivity index (χ0) is 9.68. The van der Waals surface area contributed by atoms with Gasteiger partial charge in [0.1, 0.15) is 0 Å². The molecular weight excluding hydrogens is 169 g/mol. The van der Waals surface area contributed by atoms with Crippen molar-refractivity contribution in [3.63, 3.8) is 0 Å². The fraction of sp³-hybridized carbons (Fsp3) is 0.111. The standard InChI is InChI=1S/C9H10N2O2/c10-8(12)6-11-9(13)7-4-2-1-3-5-7/h1-5H,6H2,(H2,10,12)(H,11,13)/i8+1. The summed E-state index contributed by atoms with van der Waals surface area (Å²) in [5.41, 5.74) is 5.38. The first kappa shape index (κ1) is 9.25. The summed E-state index contributed by atoms with van der Waals surface area (Å²) in [6.07, 6.45) is 0. The van der Waals surface area contributed by atoms with Gasteiger partial charge in [-0.2, -0.15) is 0 Å². The lowest BCUT2D eigenvalue weighted by molar-refractivity contribution is -0.117. The van der Waals surface area contributed by atoms with Crippen LogP contribution in [-0.4, -0.2) is 18.4 Å². The van der Waals surface area contributed by atoms with E-state index in [4.69, 9.17) is 5.73 Å². The zero-order valence-corrected chi connectivity index (χ0v) is 6.99. The van der Waals surface area contributed by atoms with E-state index in [1.165, 1.54) is 0 Å². The molecule has 0 aromatic heterocycles. The summed E-state index contributed by atoms with van der Waals surface area (Å²) in [4.78, 5) is 21.6. The molecule has 0 aliphatic rings. The largest absolute Gasteiger partial charge is 0.368 e. The van der Waals surface area contributed by atoms with Crippen LogP contribution in [0.4, 0.5) is 0 Å². The molecule has 0 fully saturated rings. The predicted octanol–water partition coefficient (Wildman–Crippen LogP) is -0.0983. The van der Waals surface area contributed by atoms with Gasteiger partial charge in [-0.15, -0.1) is 0 Å². The van der Waals surface area contributed by atoms with Gasteiger partial charge in [-0.05, 0) is 12.1 Å². The molecule has 1 aromatic carbocycles. The molecule has 0 saturated carbocycles. The van der Waals surface area contributed by atoms with Crippen LogP contribution in [0.25, 0.3) is 0 Å². The lowest BCUT2D eigenvalue weighted by Gasteiger charge is -2.01. The maximum absolute atomic E-state index is 11.2. The van der Waals surface area contributed by atoms with E-state index in [9.17, 15) is 9.59 Å². The van der Waals surface area contributed by atoms with Gasteiger partial charge >= 0.3 is 0 Å². The van der Waals surface area contributed by atoms with Crippen molar-refractivity contribution in [1.82, 2.24) is 5.32 Å². The highest BCUT2D eigenvalue weighted by Gasteiger charge is 2.03. The molecular formula is C9H10N2O2. The predicted molar refractivity (Wildman–Crippen MR) is 48.0 cm³/mol. The number of carbonyl (C=O) groups excluding carboxylic acids is 2. The number of rotatable bonds is 3. The van der Waals surface area contributed by atoms with Crippen LogP contribution in [0.3, 0.4) is 0 Å². The van der Waals surface area contributed by atoms with Crippen LogP contribution in [-0.2, 0) is 4.79 Å². The molecule has 1 rings (SSSR count). The van der Waals surface area contributed by atoms with E-state index in [1.54, 1.807) is 24.3 Å². The van der Waals surface area contributed by atoms with Crippen molar-refractivity contribution < 1.29 is 9.59 Å². The van der Waals surface area contributed by atoms with Crippen molar-refractivity contribution in [1.29, 1.82) is 0 Å². The van der Waals surface area contributed by atoms with Gasteiger partial charge in [-0.3, -0.25) is 9.59 Å². The number of hydrogen-bond donors (Lipinski definition) is 2. The van der Waals surface area contributed by atoms with E-state index in [0.717, 1.165) is 0 Å². The molecule has 0 aliphatic carbocycles. The summed E-state index contributed by atoms with van der Waals surface area (Å²) in [6.45, 7) is -0.131. The highest BCUT2D eigenvalue weighted by molar-refractivity contribution is 5.96. The molecule has 2 amide bonds. The van der Waals surface area contributed by atoms with E-state index >= 15 is 0 Å². The summed E-state index contributed by atoms with van der Waals surface area (Å²) < 4.78 is 0. The lowest BCUT2D eigenvalue weighted by atomic mass is 10.2. The van der Waals surface area contributed by atoms with Crippen molar-refractivity contribution >= 4 is 11.8 Å². The van der Waals surface area contributed by atoms with Gasteiger partial charge in [-0.1, -0.05) is 18.2 Å². The smallest absolute Gasteiger partial charge is 0.251 e. The van der Waals surface area contributed by atoms with Gasteiger partial charge in [0.2, 0.25) is 5.91 Å². The minimum atomic E-state index is -0.552. The Balaban J connectivity index is 2.54. The van der Waals surface area contributed by atoms with Crippen molar-refractivity contribution in [3.05, 3.63) is 35.9 Å². The van der Waals surface area contributed by atoms with E-state index in [-0.39, 0.29) is 12.5 Å². The van der Waals surface area contributed by atoms with Crippen molar-refractivity contribution in [2.45, 2.75) is 0 Å². The normalized spacial score (nSPS) is 9.23. The Kier molecular flexibility index (Phi) is 3.03. The Morgan fingerprint density at radius 3 is 2.38 bits per heavy atom. The zero-order valence-electron chi connectivity index (χ0n) is 6.99. The van der Waals surface area contributed by atoms with Crippen LogP contribution in [0, 0.1) is 0 Å². The molecule has 0 bridgehead atoms. The third-order valence-corrected chi connectivity index (χ3v) is 1.46. The fourth-order valence-corrected chi connectivity index (χ4v) is 0.859. The Bertz CT molecular complexity index is 309. The minimum Gasteiger partial charge on any atom is -0.368 e. The first-order valence-corrected chi connectivity index (χ1v) is 3.81. The number of amides is 2. The SMILES string of the molecule is N[13C](=O)CNC(=O)c1ccccc1. The number of nitrogens with two attached hydrogens (primary N) is 1. The average Bonchev–Trinajstić information content (AvgIpc) is 2.15. The third kappa shape index (κ3) is 2.94. The highest BCUT2D eigenvalue weighted by atomic mass is 16.2. The van der Waals surface area contributed by atoms with Crippen molar-refractivity contribution in [2.75, 3.05) is 6.54 Å². The number of nitrogens with one attached hydrogen (secondary N) is 1. The van der Waals surface area contributed by atoms with Crippen LogP contribution >= 0.6 is 0 Å². The maximum Gasteiger partial charge on any atom is 0.251 e. The maximum atomic E-state index is 11.2. The second-order valence-corrected chi connectivity index (χ2v) is 2.52. The Labute approximate surface area is 75.7 Å². The molecule has 0 atom stereocenters. The molecule has 1 aromatic rings. The third-order valence-electron chi connectivity index (χ3n) is 1.46. The Hall–Kier alpha value is -1.84. The van der Waals surface area contributed by atoms with Crippen LogP contribution in [0.1, 0.15) is 10.4 Å². The summed E-state index contributed by atoms with van der Waals surface area (Å²) in [5.74, 6) is -0.844. The van der Waals surface area contributed by atoms with Crippen molar-refractivity contribution in [3.8, 4) is 0 Å². The van der Waals surface area contributed by atoms with Gasteiger partial charge in [0.25, 0.3) is 5.91 Å². The summed E-state index contributed by atoms with van der Waals surface area (Å²) >= 11 is 0. The van der Waals surface area contributed by atoms with Gasteiger partial charge in [-0.25, -0.2) is 0 Å². The molecule has 4 nitrogen and oxygen atoms in total. The van der Waals surface area contributed by atoms with Gasteiger partial charge in [0, 0.05) is 5.56 Å². The first-order valence-electron chi connectivity index (χ1n) is 3.81. The fourth-order valence-electron chi connectivity index (χ4n) is 0.859. The number of hydrogen-bond acceptors (Lipinski definition) is 2. The van der Waals surface area contributed by atoms with Gasteiger partial charge in [0.05, 0.1) is 6.54 Å². The summed E-state index contributed by atoms with van der Waals surface area (Å²) in [7, 11) is 0. The molecule has 0 radical (unpaired) electrons. The topological polar surface area (TPSA) is 72.2 Å². The molecule has 0 aliphatic heterocycles. The number of primary amides is 1. The number of carbonyl (C=O) groups is 2. The van der Waals surface area contributed by atoms with Crippen LogP contribution < -0.4 is 11.1 Å². The lowest BCUT2D eigenvalue weighted by Crippen LogP contribution is -2.33. The molecule has 3 N–H and O–H groups in total. The van der Waals surface area contributed by atoms with E-state index in [1.807, 2.05) is 6.07 Å². The summed E-state index contributed by atoms with van der Waals surface area (Å²) in [6, 6.07) is 8.63. The van der Waals surface area contributed by atoms with E-state index in [2.05, 4.69) is 5.32 Å². The minimum absolute atomic E-state index is 0.131. The molecule has 4 heteroatoms. The second kappa shape index (κ2) is 4.25. The Morgan fingerprint density at radius 1 is 1.23 bits per heavy atom. The monoisotopic (exact) mass is 179 g/mol. The van der Waals surface area contributed by atoms with E-state index < -0.39 is 5.91 Å².